The van der Waals surface area contributed by atoms with E-state index in [4.69, 9.17) is 0 Å². The maximum Gasteiger partial charge on any atom is 0.322 e. The molecule has 1 fully saturated rings. The van der Waals surface area contributed by atoms with E-state index in [1.807, 2.05) is 25.7 Å². The van der Waals surface area contributed by atoms with Gasteiger partial charge in [0.05, 0.1) is 0 Å². The van der Waals surface area contributed by atoms with E-state index in [9.17, 15) is 9.59 Å². The molecular weight excluding hydrogens is 306 g/mol. The molecule has 1 unspecified atom stereocenters. The molecule has 1 atom stereocenters. The Bertz CT molecular complexity index is 564. The highest BCUT2D eigenvalue weighted by Crippen LogP contribution is 2.23. The van der Waals surface area contributed by atoms with Crippen molar-refractivity contribution in [3.05, 3.63) is 0 Å². The summed E-state index contributed by atoms with van der Waals surface area (Å²) in [6.45, 7) is 8.16. The maximum atomic E-state index is 11.6. The Hall–Kier alpha value is -2.10. The van der Waals surface area contributed by atoms with Crippen LogP contribution < -0.4 is 20.9 Å². The lowest BCUT2D eigenvalue weighted by Crippen LogP contribution is -2.27. The third-order valence-electron chi connectivity index (χ3n) is 2.94. The van der Waals surface area contributed by atoms with E-state index < -0.39 is 17.3 Å². The van der Waals surface area contributed by atoms with E-state index >= 15 is 0 Å². The molecule has 1 aliphatic rings. The molecule has 3 amide bonds. The van der Waals surface area contributed by atoms with Crippen molar-refractivity contribution in [2.75, 3.05) is 29.9 Å². The summed E-state index contributed by atoms with van der Waals surface area (Å²) in [7, 11) is 0. The van der Waals surface area contributed by atoms with Crippen molar-refractivity contribution in [1.82, 2.24) is 25.6 Å². The van der Waals surface area contributed by atoms with Gasteiger partial charge in [-0.2, -0.15) is 15.0 Å². The van der Waals surface area contributed by atoms with Gasteiger partial charge in [-0.1, -0.05) is 11.8 Å². The minimum absolute atomic E-state index is 0.384. The van der Waals surface area contributed by atoms with E-state index in [1.54, 1.807) is 0 Å². The first-order valence-electron chi connectivity index (χ1n) is 7.10. The second-order valence-corrected chi connectivity index (χ2v) is 5.48. The highest BCUT2D eigenvalue weighted by atomic mass is 32.2. The Morgan fingerprint density at radius 3 is 2.45 bits per heavy atom. The zero-order chi connectivity index (χ0) is 16.1. The van der Waals surface area contributed by atoms with Crippen LogP contribution in [0.4, 0.5) is 16.7 Å². The molecule has 1 aromatic rings. The molecule has 1 aliphatic heterocycles. The lowest BCUT2D eigenvalue weighted by atomic mass is 10.5. The molecule has 2 heterocycles. The quantitative estimate of drug-likeness (QED) is 0.618. The Labute approximate surface area is 132 Å². The fraction of sp³-hybridized carbons (Fsp3) is 0.583. The van der Waals surface area contributed by atoms with Crippen LogP contribution in [0, 0.1) is 0 Å². The minimum Gasteiger partial charge on any atom is -0.354 e. The summed E-state index contributed by atoms with van der Waals surface area (Å²) < 4.78 is 0. The first-order valence-corrected chi connectivity index (χ1v) is 7.98. The number of aromatic nitrogens is 3. The van der Waals surface area contributed by atoms with Gasteiger partial charge in [0.25, 0.3) is 5.91 Å². The van der Waals surface area contributed by atoms with Crippen molar-refractivity contribution in [3.8, 4) is 0 Å². The monoisotopic (exact) mass is 325 g/mol. The highest BCUT2D eigenvalue weighted by Gasteiger charge is 2.31. The second kappa shape index (κ2) is 7.25. The van der Waals surface area contributed by atoms with E-state index in [1.165, 1.54) is 0 Å². The average molecular weight is 325 g/mol. The predicted octanol–water partition coefficient (Wildman–Crippen LogP) is 0.407. The van der Waals surface area contributed by atoms with Crippen LogP contribution in [0.25, 0.3) is 0 Å². The zero-order valence-corrected chi connectivity index (χ0v) is 13.5. The number of nitrogens with one attached hydrogen (secondary N) is 3. The third kappa shape index (κ3) is 3.75. The van der Waals surface area contributed by atoms with E-state index in [-0.39, 0.29) is 0 Å². The number of amides is 3. The van der Waals surface area contributed by atoms with E-state index in [0.717, 1.165) is 24.9 Å². The number of carbonyl (C=O) groups is 2. The zero-order valence-electron chi connectivity index (χ0n) is 12.7. The Morgan fingerprint density at radius 1 is 1.18 bits per heavy atom. The molecule has 0 aromatic carbocycles. The SMILES string of the molecule is CCNc1nc(SC2NC(=O)NC2=O)nc(N(CC)CC)n1. The number of urea groups is 1. The van der Waals surface area contributed by atoms with Crippen LogP contribution in [0.5, 0.6) is 0 Å². The number of hydrogen-bond donors (Lipinski definition) is 3. The molecule has 10 heteroatoms. The van der Waals surface area contributed by atoms with Crippen LogP contribution in [0.3, 0.4) is 0 Å². The first kappa shape index (κ1) is 16.3. The van der Waals surface area contributed by atoms with Gasteiger partial charge < -0.3 is 15.5 Å². The van der Waals surface area contributed by atoms with Crippen LogP contribution >= 0.6 is 11.8 Å². The third-order valence-corrected chi connectivity index (χ3v) is 3.91. The topological polar surface area (TPSA) is 112 Å². The summed E-state index contributed by atoms with van der Waals surface area (Å²) in [4.78, 5) is 37.8. The fourth-order valence-corrected chi connectivity index (χ4v) is 2.69. The Morgan fingerprint density at radius 2 is 1.91 bits per heavy atom. The fourth-order valence-electron chi connectivity index (χ4n) is 1.87. The van der Waals surface area contributed by atoms with E-state index in [0.29, 0.717) is 23.6 Å². The molecule has 9 nitrogen and oxygen atoms in total. The molecule has 2 rings (SSSR count). The van der Waals surface area contributed by atoms with Crippen molar-refractivity contribution in [2.24, 2.45) is 0 Å². The molecule has 22 heavy (non-hydrogen) atoms. The van der Waals surface area contributed by atoms with Gasteiger partial charge in [0.15, 0.2) is 10.5 Å². The van der Waals surface area contributed by atoms with Gasteiger partial charge in [-0.15, -0.1) is 0 Å². The maximum absolute atomic E-state index is 11.6. The van der Waals surface area contributed by atoms with Gasteiger partial charge in [-0.25, -0.2) is 4.79 Å². The molecule has 1 aromatic heterocycles. The van der Waals surface area contributed by atoms with Gasteiger partial charge in [-0.05, 0) is 20.8 Å². The van der Waals surface area contributed by atoms with Crippen LogP contribution in [0.15, 0.2) is 5.16 Å². The summed E-state index contributed by atoms with van der Waals surface area (Å²) in [6, 6.07) is -0.507. The molecule has 0 spiro atoms. The van der Waals surface area contributed by atoms with Gasteiger partial charge in [0.1, 0.15) is 0 Å². The number of thioether (sulfide) groups is 1. The van der Waals surface area contributed by atoms with Gasteiger partial charge in [0.2, 0.25) is 11.9 Å². The van der Waals surface area contributed by atoms with E-state index in [2.05, 4.69) is 30.9 Å². The van der Waals surface area contributed by atoms with Crippen molar-refractivity contribution < 1.29 is 9.59 Å². The highest BCUT2D eigenvalue weighted by molar-refractivity contribution is 8.00. The summed E-state index contributed by atoms with van der Waals surface area (Å²) in [5.41, 5.74) is 0. The number of anilines is 2. The number of rotatable bonds is 7. The predicted molar refractivity (Wildman–Crippen MR) is 83.9 cm³/mol. The molecule has 1 saturated heterocycles. The number of hydrogen-bond acceptors (Lipinski definition) is 8. The largest absolute Gasteiger partial charge is 0.354 e. The van der Waals surface area contributed by atoms with Gasteiger partial charge >= 0.3 is 6.03 Å². The molecular formula is C12H19N7O2S. The van der Waals surface area contributed by atoms with Crippen LogP contribution in [0.2, 0.25) is 0 Å². The number of nitrogens with zero attached hydrogens (tertiary/aromatic N) is 4. The van der Waals surface area contributed by atoms with Gasteiger partial charge in [-0.3, -0.25) is 10.1 Å². The van der Waals surface area contributed by atoms with Crippen molar-refractivity contribution >= 4 is 35.6 Å². The van der Waals surface area contributed by atoms with Gasteiger partial charge in [0, 0.05) is 19.6 Å². The van der Waals surface area contributed by atoms with Crippen molar-refractivity contribution in [2.45, 2.75) is 31.3 Å². The van der Waals surface area contributed by atoms with Crippen LogP contribution in [0.1, 0.15) is 20.8 Å². The summed E-state index contributed by atoms with van der Waals surface area (Å²) in [6.07, 6.45) is 0. The molecule has 0 radical (unpaired) electrons. The number of carbonyl (C=O) groups excluding carboxylic acids is 2. The molecule has 120 valence electrons. The molecule has 0 saturated carbocycles. The summed E-state index contributed by atoms with van der Waals surface area (Å²) >= 11 is 1.08. The second-order valence-electron chi connectivity index (χ2n) is 4.40. The van der Waals surface area contributed by atoms with Crippen LogP contribution in [-0.2, 0) is 4.79 Å². The lowest BCUT2D eigenvalue weighted by Gasteiger charge is -2.19. The van der Waals surface area contributed by atoms with Crippen molar-refractivity contribution in [3.63, 3.8) is 0 Å². The standard InChI is InChI=1S/C12H19N7O2S/c1-4-13-9-16-10(19(5-2)6-3)18-12(17-9)22-8-7(20)14-11(21)15-8/h8H,4-6H2,1-3H3,(H,13,16,17,18)(H2,14,15,20,21). The normalized spacial score (nSPS) is 17.1. The number of imide groups is 1. The molecule has 0 aliphatic carbocycles. The minimum atomic E-state index is -0.728. The summed E-state index contributed by atoms with van der Waals surface area (Å²) in [5, 5.41) is 7.39. The summed E-state index contributed by atoms with van der Waals surface area (Å²) in [5.74, 6) is 0.597. The van der Waals surface area contributed by atoms with Crippen molar-refractivity contribution in [1.29, 1.82) is 0 Å². The first-order chi connectivity index (χ1) is 10.6. The smallest absolute Gasteiger partial charge is 0.322 e. The average Bonchev–Trinajstić information content (AvgIpc) is 2.78. The lowest BCUT2D eigenvalue weighted by molar-refractivity contribution is -0.118. The molecule has 3 N–H and O–H groups in total. The molecule has 0 bridgehead atoms. The Kier molecular flexibility index (Phi) is 5.36. The van der Waals surface area contributed by atoms with Crippen LogP contribution in [-0.4, -0.2) is 51.9 Å². The Balaban J connectivity index is 2.25.